The molecule has 1 saturated heterocycles. The van der Waals surface area contributed by atoms with Crippen molar-refractivity contribution in [3.63, 3.8) is 0 Å². The zero-order chi connectivity index (χ0) is 18.7. The number of carbonyl (C=O) groups is 1. The topological polar surface area (TPSA) is 69.6 Å². The van der Waals surface area contributed by atoms with Crippen LogP contribution in [0.3, 0.4) is 0 Å². The average Bonchev–Trinajstić information content (AvgIpc) is 2.63. The number of carbonyl (C=O) groups excluding carboxylic acids is 1. The summed E-state index contributed by atoms with van der Waals surface area (Å²) < 4.78 is 25.2. The summed E-state index contributed by atoms with van der Waals surface area (Å²) in [6.45, 7) is 2.62. The van der Waals surface area contributed by atoms with Crippen LogP contribution in [0.25, 0.3) is 5.69 Å². The molecule has 1 aromatic heterocycles. The molecule has 3 rings (SSSR count). The Kier molecular flexibility index (Phi) is 5.49. The monoisotopic (exact) mass is 360 g/mol. The Morgan fingerprint density at radius 2 is 2.04 bits per heavy atom. The second kappa shape index (κ2) is 7.80. The van der Waals surface area contributed by atoms with Gasteiger partial charge in [-0.15, -0.1) is 0 Å². The van der Waals surface area contributed by atoms with E-state index in [4.69, 9.17) is 9.47 Å². The van der Waals surface area contributed by atoms with Crippen LogP contribution in [0.5, 0.6) is 0 Å². The lowest BCUT2D eigenvalue weighted by molar-refractivity contribution is -0.0349. The molecule has 0 spiro atoms. The lowest BCUT2D eigenvalue weighted by atomic mass is 10.0. The number of amides is 1. The highest BCUT2D eigenvalue weighted by molar-refractivity contribution is 5.95. The van der Waals surface area contributed by atoms with Crippen molar-refractivity contribution in [3.8, 4) is 5.69 Å². The number of nitrogens with one attached hydrogen (secondary N) is 1. The Balaban J connectivity index is 1.91. The van der Waals surface area contributed by atoms with Gasteiger partial charge in [-0.1, -0.05) is 0 Å². The minimum Gasteiger partial charge on any atom is -0.379 e. The standard InChI is InChI=1S/C19H21FN2O4/c1-12-7-9-22(14-5-3-13(20)4-6-14)19(24)17(12)18(23)21-15-11-26-10-8-16(15)25-2/h3-7,9,15-16H,8,10-11H2,1-2H3,(H,21,23)/t15-,16-/m1/s1. The first-order valence-corrected chi connectivity index (χ1v) is 8.41. The summed E-state index contributed by atoms with van der Waals surface area (Å²) >= 11 is 0. The number of methoxy groups -OCH3 is 1. The van der Waals surface area contributed by atoms with Crippen LogP contribution in [-0.2, 0) is 9.47 Å². The van der Waals surface area contributed by atoms with E-state index < -0.39 is 17.3 Å². The van der Waals surface area contributed by atoms with E-state index in [0.717, 1.165) is 0 Å². The number of ether oxygens (including phenoxy) is 2. The number of aryl methyl sites for hydroxylation is 1. The Labute approximate surface area is 150 Å². The molecule has 1 aromatic carbocycles. The molecule has 1 amide bonds. The molecule has 1 aliphatic heterocycles. The van der Waals surface area contributed by atoms with E-state index in [0.29, 0.717) is 30.9 Å². The fraction of sp³-hybridized carbons (Fsp3) is 0.368. The number of rotatable bonds is 4. The first kappa shape index (κ1) is 18.3. The van der Waals surface area contributed by atoms with Gasteiger partial charge in [-0.25, -0.2) is 4.39 Å². The Bertz CT molecular complexity index is 848. The quantitative estimate of drug-likeness (QED) is 0.903. The largest absolute Gasteiger partial charge is 0.379 e. The second-order valence-corrected chi connectivity index (χ2v) is 6.24. The third kappa shape index (κ3) is 3.68. The van der Waals surface area contributed by atoms with Gasteiger partial charge in [-0.2, -0.15) is 0 Å². The van der Waals surface area contributed by atoms with E-state index >= 15 is 0 Å². The van der Waals surface area contributed by atoms with E-state index in [2.05, 4.69) is 5.32 Å². The van der Waals surface area contributed by atoms with E-state index in [1.54, 1.807) is 26.3 Å². The number of halogens is 1. The highest BCUT2D eigenvalue weighted by Crippen LogP contribution is 2.13. The highest BCUT2D eigenvalue weighted by atomic mass is 19.1. The Morgan fingerprint density at radius 3 is 2.73 bits per heavy atom. The Morgan fingerprint density at radius 1 is 1.31 bits per heavy atom. The molecule has 2 heterocycles. The van der Waals surface area contributed by atoms with Crippen molar-refractivity contribution in [1.29, 1.82) is 0 Å². The van der Waals surface area contributed by atoms with Gasteiger partial charge in [0.15, 0.2) is 0 Å². The molecule has 2 aromatic rings. The van der Waals surface area contributed by atoms with Gasteiger partial charge in [-0.3, -0.25) is 14.2 Å². The first-order chi connectivity index (χ1) is 12.5. The fourth-order valence-electron chi connectivity index (χ4n) is 3.08. The SMILES string of the molecule is CO[C@@H]1CCOC[C@H]1NC(=O)c1c(C)ccn(-c2ccc(F)cc2)c1=O. The van der Waals surface area contributed by atoms with Crippen molar-refractivity contribution in [3.05, 3.63) is 63.8 Å². The van der Waals surface area contributed by atoms with E-state index in [1.807, 2.05) is 0 Å². The zero-order valence-corrected chi connectivity index (χ0v) is 14.7. The van der Waals surface area contributed by atoms with Gasteiger partial charge >= 0.3 is 0 Å². The molecule has 1 fully saturated rings. The first-order valence-electron chi connectivity index (χ1n) is 8.41. The normalized spacial score (nSPS) is 20.0. The third-order valence-corrected chi connectivity index (χ3v) is 4.54. The molecule has 1 N–H and O–H groups in total. The summed E-state index contributed by atoms with van der Waals surface area (Å²) in [4.78, 5) is 25.6. The molecule has 0 radical (unpaired) electrons. The van der Waals surface area contributed by atoms with Crippen molar-refractivity contribution in [2.45, 2.75) is 25.5 Å². The molecule has 138 valence electrons. The maximum Gasteiger partial charge on any atom is 0.268 e. The maximum atomic E-state index is 13.1. The molecule has 7 heteroatoms. The van der Waals surface area contributed by atoms with Crippen molar-refractivity contribution in [1.82, 2.24) is 9.88 Å². The number of nitrogens with zero attached hydrogens (tertiary/aromatic N) is 1. The van der Waals surface area contributed by atoms with Gasteiger partial charge in [0.2, 0.25) is 0 Å². The van der Waals surface area contributed by atoms with Gasteiger partial charge in [0.1, 0.15) is 11.4 Å². The van der Waals surface area contributed by atoms with Gasteiger partial charge in [-0.05, 0) is 49.2 Å². The minimum atomic E-state index is -0.471. The predicted octanol–water partition coefficient (Wildman–Crippen LogP) is 1.82. The van der Waals surface area contributed by atoms with Crippen molar-refractivity contribution in [2.24, 2.45) is 0 Å². The molecule has 26 heavy (non-hydrogen) atoms. The smallest absolute Gasteiger partial charge is 0.268 e. The average molecular weight is 360 g/mol. The number of benzene rings is 1. The summed E-state index contributed by atoms with van der Waals surface area (Å²) in [5, 5.41) is 2.84. The van der Waals surface area contributed by atoms with Crippen molar-refractivity contribution < 1.29 is 18.7 Å². The summed E-state index contributed by atoms with van der Waals surface area (Å²) in [5.41, 5.74) is 0.648. The molecule has 2 atom stereocenters. The lowest BCUT2D eigenvalue weighted by Gasteiger charge is -2.31. The van der Waals surface area contributed by atoms with Gasteiger partial charge in [0.05, 0.1) is 18.8 Å². The summed E-state index contributed by atoms with van der Waals surface area (Å²) in [6.07, 6.45) is 2.09. The van der Waals surface area contributed by atoms with Crippen LogP contribution in [0, 0.1) is 12.7 Å². The molecule has 0 bridgehead atoms. The van der Waals surface area contributed by atoms with Gasteiger partial charge < -0.3 is 14.8 Å². The minimum absolute atomic E-state index is 0.0530. The van der Waals surface area contributed by atoms with Crippen molar-refractivity contribution >= 4 is 5.91 Å². The van der Waals surface area contributed by atoms with Crippen LogP contribution in [0.2, 0.25) is 0 Å². The third-order valence-electron chi connectivity index (χ3n) is 4.54. The maximum absolute atomic E-state index is 13.1. The summed E-state index contributed by atoms with van der Waals surface area (Å²) in [5.74, 6) is -0.865. The highest BCUT2D eigenvalue weighted by Gasteiger charge is 2.28. The fourth-order valence-corrected chi connectivity index (χ4v) is 3.08. The van der Waals surface area contributed by atoms with Crippen LogP contribution < -0.4 is 10.9 Å². The van der Waals surface area contributed by atoms with Crippen LogP contribution in [0.15, 0.2) is 41.3 Å². The molecule has 0 saturated carbocycles. The van der Waals surface area contributed by atoms with E-state index in [-0.39, 0.29) is 17.7 Å². The molecular formula is C19H21FN2O4. The van der Waals surface area contributed by atoms with Crippen LogP contribution in [-0.4, -0.2) is 42.9 Å². The predicted molar refractivity (Wildman–Crippen MR) is 94.2 cm³/mol. The summed E-state index contributed by atoms with van der Waals surface area (Å²) in [6, 6.07) is 6.88. The van der Waals surface area contributed by atoms with E-state index in [9.17, 15) is 14.0 Å². The molecule has 6 nitrogen and oxygen atoms in total. The van der Waals surface area contributed by atoms with Crippen LogP contribution in [0.4, 0.5) is 4.39 Å². The van der Waals surface area contributed by atoms with Crippen LogP contribution in [0.1, 0.15) is 22.3 Å². The van der Waals surface area contributed by atoms with E-state index in [1.165, 1.54) is 28.8 Å². The summed E-state index contributed by atoms with van der Waals surface area (Å²) in [7, 11) is 1.59. The van der Waals surface area contributed by atoms with Gasteiger partial charge in [0.25, 0.3) is 11.5 Å². The Hall–Kier alpha value is -2.51. The molecule has 1 aliphatic rings. The number of hydrogen-bond donors (Lipinski definition) is 1. The number of aromatic nitrogens is 1. The van der Waals surface area contributed by atoms with Gasteiger partial charge in [0, 0.05) is 25.6 Å². The molecule has 0 unspecified atom stereocenters. The molecular weight excluding hydrogens is 339 g/mol. The lowest BCUT2D eigenvalue weighted by Crippen LogP contribution is -2.51. The molecule has 0 aliphatic carbocycles. The zero-order valence-electron chi connectivity index (χ0n) is 14.7. The van der Waals surface area contributed by atoms with Crippen LogP contribution >= 0.6 is 0 Å². The second-order valence-electron chi connectivity index (χ2n) is 6.24. The van der Waals surface area contributed by atoms with Crippen molar-refractivity contribution in [2.75, 3.05) is 20.3 Å². The number of pyridine rings is 1. The number of hydrogen-bond acceptors (Lipinski definition) is 4.